The predicted molar refractivity (Wildman–Crippen MR) is 103 cm³/mol. The molecule has 0 saturated carbocycles. The summed E-state index contributed by atoms with van der Waals surface area (Å²) in [6.45, 7) is 4.74. The van der Waals surface area contributed by atoms with E-state index in [-0.39, 0.29) is 6.10 Å². The van der Waals surface area contributed by atoms with Gasteiger partial charge in [-0.05, 0) is 73.3 Å². The first-order valence-electron chi connectivity index (χ1n) is 9.12. The molecule has 128 valence electrons. The zero-order valence-electron chi connectivity index (χ0n) is 14.4. The molecule has 2 atom stereocenters. The lowest BCUT2D eigenvalue weighted by Crippen LogP contribution is -2.58. The Kier molecular flexibility index (Phi) is 3.75. The van der Waals surface area contributed by atoms with Gasteiger partial charge in [-0.2, -0.15) is 0 Å². The minimum Gasteiger partial charge on any atom is -0.472 e. The molecule has 3 aliphatic heterocycles. The summed E-state index contributed by atoms with van der Waals surface area (Å²) in [5.74, 6) is 1.44. The standard InChI is InChI=1S/C21H22N2OS/c1-14-21(16-6-9-23(14)10-7-16)24-20-5-4-18(13-22-20)17-3-2-15-8-11-25-19(15)12-17/h2-5,8,11-14,16,21H,6-7,9-10H2,1H3. The highest BCUT2D eigenvalue weighted by molar-refractivity contribution is 7.17. The maximum atomic E-state index is 6.30. The second-order valence-corrected chi connectivity index (χ2v) is 8.20. The molecule has 6 rings (SSSR count). The summed E-state index contributed by atoms with van der Waals surface area (Å²) in [5, 5.41) is 3.44. The number of thiophene rings is 1. The van der Waals surface area contributed by atoms with Gasteiger partial charge in [0.2, 0.25) is 5.88 Å². The van der Waals surface area contributed by atoms with Gasteiger partial charge in [-0.1, -0.05) is 12.1 Å². The van der Waals surface area contributed by atoms with E-state index in [9.17, 15) is 0 Å². The molecule has 5 heterocycles. The number of rotatable bonds is 3. The largest absolute Gasteiger partial charge is 0.472 e. The molecule has 3 nitrogen and oxygen atoms in total. The van der Waals surface area contributed by atoms with E-state index in [0.717, 1.165) is 11.4 Å². The normalized spacial score (nSPS) is 28.4. The van der Waals surface area contributed by atoms with E-state index in [1.807, 2.05) is 12.3 Å². The Morgan fingerprint density at radius 1 is 1.08 bits per heavy atom. The third-order valence-electron chi connectivity index (χ3n) is 5.87. The van der Waals surface area contributed by atoms with Crippen molar-refractivity contribution in [1.82, 2.24) is 9.88 Å². The quantitative estimate of drug-likeness (QED) is 0.677. The van der Waals surface area contributed by atoms with Gasteiger partial charge in [0.25, 0.3) is 0 Å². The van der Waals surface area contributed by atoms with Crippen molar-refractivity contribution in [3.05, 3.63) is 48.0 Å². The highest BCUT2D eigenvalue weighted by Gasteiger charge is 2.41. The monoisotopic (exact) mass is 350 g/mol. The molecule has 2 unspecified atom stereocenters. The Morgan fingerprint density at radius 3 is 2.68 bits per heavy atom. The summed E-state index contributed by atoms with van der Waals surface area (Å²) in [7, 11) is 0. The Bertz CT molecular complexity index is 878. The van der Waals surface area contributed by atoms with Crippen LogP contribution in [0.25, 0.3) is 21.2 Å². The molecule has 0 amide bonds. The predicted octanol–water partition coefficient (Wildman–Crippen LogP) is 4.82. The van der Waals surface area contributed by atoms with Crippen molar-refractivity contribution >= 4 is 21.4 Å². The average Bonchev–Trinajstić information content (AvgIpc) is 3.13. The van der Waals surface area contributed by atoms with Crippen molar-refractivity contribution in [2.45, 2.75) is 31.9 Å². The van der Waals surface area contributed by atoms with Gasteiger partial charge in [0.1, 0.15) is 6.10 Å². The molecule has 3 aliphatic rings. The second kappa shape index (κ2) is 6.11. The third-order valence-corrected chi connectivity index (χ3v) is 6.75. The van der Waals surface area contributed by atoms with Crippen molar-refractivity contribution in [3.63, 3.8) is 0 Å². The Labute approximate surface area is 152 Å². The minimum absolute atomic E-state index is 0.281. The summed E-state index contributed by atoms with van der Waals surface area (Å²) >= 11 is 1.78. The smallest absolute Gasteiger partial charge is 0.213 e. The molecule has 1 aromatic carbocycles. The Morgan fingerprint density at radius 2 is 1.92 bits per heavy atom. The minimum atomic E-state index is 0.281. The zero-order valence-corrected chi connectivity index (χ0v) is 15.2. The Balaban J connectivity index is 1.36. The molecule has 3 saturated heterocycles. The van der Waals surface area contributed by atoms with Gasteiger partial charge in [0, 0.05) is 28.6 Å². The number of nitrogens with zero attached hydrogens (tertiary/aromatic N) is 2. The van der Waals surface area contributed by atoms with Crippen molar-refractivity contribution in [2.24, 2.45) is 5.92 Å². The SMILES string of the molecule is CC1C(Oc2ccc(-c3ccc4ccsc4c3)cn2)C2CCN1CC2. The highest BCUT2D eigenvalue weighted by atomic mass is 32.1. The van der Waals surface area contributed by atoms with Crippen LogP contribution in [0.5, 0.6) is 5.88 Å². The number of fused-ring (bicyclic) bond motifs is 4. The molecule has 0 spiro atoms. The first-order chi connectivity index (χ1) is 12.3. The van der Waals surface area contributed by atoms with E-state index in [1.54, 1.807) is 11.3 Å². The van der Waals surface area contributed by atoms with Crippen molar-refractivity contribution in [1.29, 1.82) is 0 Å². The van der Waals surface area contributed by atoms with Crippen LogP contribution in [0.15, 0.2) is 48.0 Å². The van der Waals surface area contributed by atoms with Crippen LogP contribution in [0.2, 0.25) is 0 Å². The molecule has 2 bridgehead atoms. The molecule has 25 heavy (non-hydrogen) atoms. The van der Waals surface area contributed by atoms with Crippen molar-refractivity contribution in [3.8, 4) is 17.0 Å². The van der Waals surface area contributed by atoms with Crippen LogP contribution in [0.1, 0.15) is 19.8 Å². The fourth-order valence-electron chi connectivity index (χ4n) is 4.35. The third kappa shape index (κ3) is 2.74. The fourth-order valence-corrected chi connectivity index (χ4v) is 5.17. The van der Waals surface area contributed by atoms with Crippen LogP contribution < -0.4 is 4.74 Å². The number of pyridine rings is 1. The summed E-state index contributed by atoms with van der Waals surface area (Å²) in [6, 6.07) is 13.4. The topological polar surface area (TPSA) is 25.4 Å². The fraction of sp³-hybridized carbons (Fsp3) is 0.381. The van der Waals surface area contributed by atoms with Crippen LogP contribution in [-0.2, 0) is 0 Å². The van der Waals surface area contributed by atoms with E-state index in [0.29, 0.717) is 12.0 Å². The van der Waals surface area contributed by atoms with Crippen molar-refractivity contribution in [2.75, 3.05) is 13.1 Å². The second-order valence-electron chi connectivity index (χ2n) is 7.25. The lowest BCUT2D eigenvalue weighted by atomic mass is 9.81. The molecule has 4 heteroatoms. The van der Waals surface area contributed by atoms with E-state index >= 15 is 0 Å². The van der Waals surface area contributed by atoms with E-state index < -0.39 is 0 Å². The highest BCUT2D eigenvalue weighted by Crippen LogP contribution is 2.35. The number of benzene rings is 1. The maximum Gasteiger partial charge on any atom is 0.213 e. The molecule has 3 aromatic rings. The van der Waals surface area contributed by atoms with Gasteiger partial charge >= 0.3 is 0 Å². The first-order valence-corrected chi connectivity index (χ1v) is 10.0. The van der Waals surface area contributed by atoms with Gasteiger partial charge in [-0.15, -0.1) is 11.3 Å². The zero-order chi connectivity index (χ0) is 16.8. The van der Waals surface area contributed by atoms with Gasteiger partial charge in [-0.3, -0.25) is 4.90 Å². The number of aromatic nitrogens is 1. The van der Waals surface area contributed by atoms with E-state index in [2.05, 4.69) is 52.5 Å². The van der Waals surface area contributed by atoms with Crippen LogP contribution in [0.4, 0.5) is 0 Å². The number of hydrogen-bond acceptors (Lipinski definition) is 4. The van der Waals surface area contributed by atoms with E-state index in [1.165, 1.54) is 41.6 Å². The summed E-state index contributed by atoms with van der Waals surface area (Å²) in [4.78, 5) is 7.15. The molecule has 0 aliphatic carbocycles. The van der Waals surface area contributed by atoms with Gasteiger partial charge in [-0.25, -0.2) is 4.98 Å². The lowest BCUT2D eigenvalue weighted by Gasteiger charge is -2.49. The van der Waals surface area contributed by atoms with Crippen LogP contribution in [-0.4, -0.2) is 35.1 Å². The summed E-state index contributed by atoms with van der Waals surface area (Å²) < 4.78 is 7.62. The molecular weight excluding hydrogens is 328 g/mol. The van der Waals surface area contributed by atoms with Gasteiger partial charge < -0.3 is 4.74 Å². The average molecular weight is 350 g/mol. The van der Waals surface area contributed by atoms with Gasteiger partial charge in [0.15, 0.2) is 0 Å². The Hall–Kier alpha value is -1.91. The van der Waals surface area contributed by atoms with Crippen LogP contribution >= 0.6 is 11.3 Å². The van der Waals surface area contributed by atoms with Crippen molar-refractivity contribution < 1.29 is 4.74 Å². The van der Waals surface area contributed by atoms with Crippen LogP contribution in [0, 0.1) is 5.92 Å². The molecular formula is C21H22N2OS. The van der Waals surface area contributed by atoms with E-state index in [4.69, 9.17) is 4.74 Å². The number of hydrogen-bond donors (Lipinski definition) is 0. The van der Waals surface area contributed by atoms with Gasteiger partial charge in [0.05, 0.1) is 0 Å². The maximum absolute atomic E-state index is 6.30. The van der Waals surface area contributed by atoms with Crippen LogP contribution in [0.3, 0.4) is 0 Å². The summed E-state index contributed by atoms with van der Waals surface area (Å²) in [6.07, 6.45) is 4.74. The molecule has 0 radical (unpaired) electrons. The first kappa shape index (κ1) is 15.4. The lowest BCUT2D eigenvalue weighted by molar-refractivity contribution is -0.0525. The molecule has 3 fully saturated rings. The number of ether oxygens (including phenoxy) is 1. The number of piperidine rings is 3. The summed E-state index contributed by atoms with van der Waals surface area (Å²) in [5.41, 5.74) is 2.36. The molecule has 2 aromatic heterocycles. The molecule has 0 N–H and O–H groups in total.